The highest BCUT2D eigenvalue weighted by Gasteiger charge is 2.24. The molecule has 4 aromatic rings. The molecule has 0 aliphatic heterocycles. The molecular weight excluding hydrogens is 564 g/mol. The van der Waals surface area contributed by atoms with Gasteiger partial charge in [-0.05, 0) is 43.4 Å². The summed E-state index contributed by atoms with van der Waals surface area (Å²) >= 11 is 6.28. The minimum Gasteiger partial charge on any atom is -0.268 e. The van der Waals surface area contributed by atoms with Crippen LogP contribution in [0.4, 0.5) is 0 Å². The lowest BCUT2D eigenvalue weighted by molar-refractivity contribution is 0.589. The molecule has 0 aliphatic carbocycles. The highest BCUT2D eigenvalue weighted by molar-refractivity contribution is 7.98. The zero-order valence-corrected chi connectivity index (χ0v) is 27.1. The molecule has 2 aromatic heterocycles. The third kappa shape index (κ3) is 7.68. The van der Waals surface area contributed by atoms with Gasteiger partial charge in [0.25, 0.3) is 0 Å². The summed E-state index contributed by atoms with van der Waals surface area (Å²) < 4.78 is 38.7. The van der Waals surface area contributed by atoms with Crippen LogP contribution in [0.15, 0.2) is 30.3 Å². The highest BCUT2D eigenvalue weighted by Crippen LogP contribution is 2.36. The van der Waals surface area contributed by atoms with Crippen molar-refractivity contribution in [2.75, 3.05) is 12.5 Å². The summed E-state index contributed by atoms with van der Waals surface area (Å²) in [5, 5.41) is 11.3. The largest absolute Gasteiger partial charge is 0.268 e. The Morgan fingerprint density at radius 3 is 1.80 bits per heavy atom. The summed E-state index contributed by atoms with van der Waals surface area (Å²) in [6, 6.07) is 10.0. The fourth-order valence-electron chi connectivity index (χ4n) is 4.82. The second-order valence-electron chi connectivity index (χ2n) is 12.6. The topological polar surface area (TPSA) is 86.8 Å². The van der Waals surface area contributed by atoms with E-state index in [-0.39, 0.29) is 24.0 Å². The van der Waals surface area contributed by atoms with Crippen molar-refractivity contribution in [3.63, 3.8) is 0 Å². The van der Waals surface area contributed by atoms with Crippen LogP contribution in [0.3, 0.4) is 0 Å². The average Bonchev–Trinajstić information content (AvgIpc) is 3.22. The summed E-state index contributed by atoms with van der Waals surface area (Å²) in [5.41, 5.74) is 5.79. The SMILES string of the molecule is C.C=S(C)(=O)Cc1nn(C)c2c(C(C)(C)C)cccc12.Cn1nc(CS(C)(=O)=O)c2c(Cl)ccc(C(C)(C)C)c21. The lowest BCUT2D eigenvalue weighted by Gasteiger charge is -2.21. The molecule has 40 heavy (non-hydrogen) atoms. The van der Waals surface area contributed by atoms with Crippen molar-refractivity contribution in [3.8, 4) is 0 Å². The fourth-order valence-corrected chi connectivity index (χ4v) is 6.58. The van der Waals surface area contributed by atoms with Gasteiger partial charge in [-0.15, -0.1) is 0 Å². The molecule has 0 fully saturated rings. The number of aromatic nitrogens is 4. The number of para-hydroxylation sites is 1. The summed E-state index contributed by atoms with van der Waals surface area (Å²) in [7, 11) is -1.47. The molecule has 4 rings (SSSR count). The van der Waals surface area contributed by atoms with Crippen molar-refractivity contribution in [1.29, 1.82) is 0 Å². The first kappa shape index (κ1) is 33.8. The number of fused-ring (bicyclic) bond motifs is 2. The van der Waals surface area contributed by atoms with Crippen LogP contribution in [0.5, 0.6) is 0 Å². The molecule has 0 N–H and O–H groups in total. The molecule has 0 aliphatic rings. The van der Waals surface area contributed by atoms with Gasteiger partial charge in [0.05, 0.1) is 38.9 Å². The van der Waals surface area contributed by atoms with Crippen molar-refractivity contribution in [1.82, 2.24) is 19.6 Å². The Bertz CT molecular complexity index is 1750. The van der Waals surface area contributed by atoms with Gasteiger partial charge in [-0.2, -0.15) is 10.2 Å². The number of hydrogen-bond acceptors (Lipinski definition) is 5. The molecule has 0 spiro atoms. The van der Waals surface area contributed by atoms with Crippen molar-refractivity contribution in [2.24, 2.45) is 14.1 Å². The van der Waals surface area contributed by atoms with Gasteiger partial charge < -0.3 is 0 Å². The van der Waals surface area contributed by atoms with Crippen LogP contribution in [-0.2, 0) is 55.8 Å². The number of hydrogen-bond donors (Lipinski definition) is 0. The summed E-state index contributed by atoms with van der Waals surface area (Å²) in [6.45, 7) is 12.9. The molecule has 0 radical (unpaired) electrons. The maximum Gasteiger partial charge on any atom is 0.153 e. The van der Waals surface area contributed by atoms with E-state index in [0.717, 1.165) is 33.1 Å². The lowest BCUT2D eigenvalue weighted by atomic mass is 9.85. The number of aryl methyl sites for hydroxylation is 2. The normalized spacial score (nSPS) is 14.0. The van der Waals surface area contributed by atoms with Gasteiger partial charge in [0.2, 0.25) is 0 Å². The van der Waals surface area contributed by atoms with Crippen molar-refractivity contribution in [3.05, 3.63) is 57.9 Å². The number of nitrogens with zero attached hydrogens (tertiary/aromatic N) is 4. The first-order chi connectivity index (χ1) is 17.6. The van der Waals surface area contributed by atoms with E-state index in [1.165, 1.54) is 11.8 Å². The predicted octanol–water partition coefficient (Wildman–Crippen LogP) is 6.42. The van der Waals surface area contributed by atoms with E-state index in [1.54, 1.807) is 10.9 Å². The Morgan fingerprint density at radius 1 is 0.800 bits per heavy atom. The molecule has 10 heteroatoms. The van der Waals surface area contributed by atoms with Crippen LogP contribution in [0.25, 0.3) is 21.8 Å². The molecule has 0 amide bonds. The zero-order chi connectivity index (χ0) is 29.7. The van der Waals surface area contributed by atoms with E-state index in [1.807, 2.05) is 30.9 Å². The maximum atomic E-state index is 11.9. The molecule has 1 atom stereocenters. The van der Waals surface area contributed by atoms with Gasteiger partial charge in [-0.25, -0.2) is 8.42 Å². The molecule has 2 heterocycles. The van der Waals surface area contributed by atoms with Crippen LogP contribution < -0.4 is 0 Å². The van der Waals surface area contributed by atoms with Crippen LogP contribution in [0.2, 0.25) is 5.02 Å². The van der Waals surface area contributed by atoms with E-state index >= 15 is 0 Å². The zero-order valence-electron chi connectivity index (χ0n) is 24.7. The first-order valence-corrected chi connectivity index (χ1v) is 17.4. The van der Waals surface area contributed by atoms with Crippen LogP contribution in [-0.4, -0.2) is 50.6 Å². The average molecular weight is 609 g/mol. The molecule has 222 valence electrons. The Hall–Kier alpha value is -2.36. The quantitative estimate of drug-likeness (QED) is 0.249. The summed E-state index contributed by atoms with van der Waals surface area (Å²) in [4.78, 5) is 0. The smallest absolute Gasteiger partial charge is 0.153 e. The summed E-state index contributed by atoms with van der Waals surface area (Å²) in [5.74, 6) is 4.06. The van der Waals surface area contributed by atoms with E-state index in [0.29, 0.717) is 16.5 Å². The number of rotatable bonds is 4. The van der Waals surface area contributed by atoms with E-state index < -0.39 is 19.4 Å². The van der Waals surface area contributed by atoms with Gasteiger partial charge in [0, 0.05) is 37.4 Å². The van der Waals surface area contributed by atoms with Crippen LogP contribution >= 0.6 is 11.6 Å². The monoisotopic (exact) mass is 608 g/mol. The first-order valence-electron chi connectivity index (χ1n) is 12.7. The van der Waals surface area contributed by atoms with Gasteiger partial charge in [-0.3, -0.25) is 13.6 Å². The highest BCUT2D eigenvalue weighted by atomic mass is 35.5. The van der Waals surface area contributed by atoms with E-state index in [9.17, 15) is 12.6 Å². The van der Waals surface area contributed by atoms with Gasteiger partial charge in [0.15, 0.2) is 9.84 Å². The molecule has 2 aromatic carbocycles. The third-order valence-corrected chi connectivity index (χ3v) is 8.41. The number of sulfone groups is 1. The molecule has 0 saturated carbocycles. The Labute approximate surface area is 245 Å². The number of halogens is 1. The van der Waals surface area contributed by atoms with Crippen molar-refractivity contribution >= 4 is 58.6 Å². The standard InChI is InChI=1S/C15H22N2OS.C14H19ClN2O2S.CH4/c1-15(2,3)12-9-7-8-11-13(10-19(5,6)18)16-17(4)14(11)12;1-14(2,3)9-6-7-10(15)12-11(8-20(5,18)19)16-17(4)13(9)12;/h7-9H,5,10H2,1-4,6H3;6-7H,8H2,1-5H3;1H4. The molecule has 7 nitrogen and oxygen atoms in total. The lowest BCUT2D eigenvalue weighted by Crippen LogP contribution is -2.13. The molecular formula is C30H45ClN4O3S2. The van der Waals surface area contributed by atoms with Crippen LogP contribution in [0.1, 0.15) is 71.5 Å². The maximum absolute atomic E-state index is 11.9. The van der Waals surface area contributed by atoms with E-state index in [4.69, 9.17) is 11.6 Å². The minimum absolute atomic E-state index is 0. The summed E-state index contributed by atoms with van der Waals surface area (Å²) in [6.07, 6.45) is 2.89. The van der Waals surface area contributed by atoms with Gasteiger partial charge in [-0.1, -0.05) is 84.8 Å². The molecule has 0 bridgehead atoms. The predicted molar refractivity (Wildman–Crippen MR) is 174 cm³/mol. The van der Waals surface area contributed by atoms with Crippen LogP contribution in [0, 0.1) is 0 Å². The van der Waals surface area contributed by atoms with Crippen molar-refractivity contribution in [2.45, 2.75) is 71.3 Å². The molecule has 1 unspecified atom stereocenters. The van der Waals surface area contributed by atoms with Gasteiger partial charge in [0.1, 0.15) is 0 Å². The minimum atomic E-state index is -3.15. The van der Waals surface area contributed by atoms with Gasteiger partial charge >= 0.3 is 0 Å². The number of benzene rings is 2. The van der Waals surface area contributed by atoms with Crippen molar-refractivity contribution < 1.29 is 12.6 Å². The molecule has 0 saturated heterocycles. The fraction of sp³-hybridized carbons (Fsp3) is 0.500. The van der Waals surface area contributed by atoms with E-state index in [2.05, 4.69) is 75.8 Å². The Balaban J connectivity index is 0.000000274. The third-order valence-electron chi connectivity index (χ3n) is 6.41. The second kappa shape index (κ2) is 11.5. The Morgan fingerprint density at radius 2 is 1.30 bits per heavy atom. The Kier molecular flexibility index (Phi) is 9.72. The second-order valence-corrected chi connectivity index (χ2v) is 17.8.